The summed E-state index contributed by atoms with van der Waals surface area (Å²) in [6.45, 7) is -0.458. The maximum atomic E-state index is 13.0. The van der Waals surface area contributed by atoms with Crippen LogP contribution in [0, 0.1) is 5.82 Å². The van der Waals surface area contributed by atoms with E-state index in [1.54, 1.807) is 35.7 Å². The number of carbonyl (C=O) groups is 2. The maximum Gasteiger partial charge on any atom is 0.331 e. The van der Waals surface area contributed by atoms with Crippen molar-refractivity contribution in [3.63, 3.8) is 0 Å². The molecule has 31 heavy (non-hydrogen) atoms. The standard InChI is InChI=1S/C22H19FN2O5S/c1-28-18-9-3-14(11-19(18)29-2)4-10-21(27)30-12-20(26)25-22-24-17(13-31-22)15-5-7-16(23)8-6-15/h3-11,13H,12H2,1-2H3,(H,24,25,26)/b10-4+. The molecule has 0 aliphatic rings. The van der Waals surface area contributed by atoms with E-state index in [2.05, 4.69) is 10.3 Å². The lowest BCUT2D eigenvalue weighted by molar-refractivity contribution is -0.142. The molecule has 1 N–H and O–H groups in total. The molecule has 2 aromatic carbocycles. The van der Waals surface area contributed by atoms with Crippen molar-refractivity contribution in [2.45, 2.75) is 0 Å². The number of rotatable bonds is 8. The molecular weight excluding hydrogens is 423 g/mol. The Morgan fingerprint density at radius 3 is 2.55 bits per heavy atom. The number of ether oxygens (including phenoxy) is 3. The van der Waals surface area contributed by atoms with Gasteiger partial charge in [-0.1, -0.05) is 6.07 Å². The lowest BCUT2D eigenvalue weighted by atomic mass is 10.2. The number of hydrogen-bond donors (Lipinski definition) is 1. The Morgan fingerprint density at radius 2 is 1.84 bits per heavy atom. The smallest absolute Gasteiger partial charge is 0.331 e. The van der Waals surface area contributed by atoms with Gasteiger partial charge >= 0.3 is 5.97 Å². The predicted molar refractivity (Wildman–Crippen MR) is 116 cm³/mol. The fourth-order valence-electron chi connectivity index (χ4n) is 2.55. The van der Waals surface area contributed by atoms with Crippen LogP contribution < -0.4 is 14.8 Å². The third-order valence-electron chi connectivity index (χ3n) is 4.06. The molecule has 1 heterocycles. The molecular formula is C22H19FN2O5S. The second kappa shape index (κ2) is 10.4. The van der Waals surface area contributed by atoms with Crippen molar-refractivity contribution < 1.29 is 28.2 Å². The number of methoxy groups -OCH3 is 2. The molecule has 0 saturated heterocycles. The van der Waals surface area contributed by atoms with Crippen molar-refractivity contribution in [2.24, 2.45) is 0 Å². The van der Waals surface area contributed by atoms with Gasteiger partial charge in [-0.2, -0.15) is 0 Å². The fourth-order valence-corrected chi connectivity index (χ4v) is 3.28. The molecule has 3 rings (SSSR count). The zero-order valence-corrected chi connectivity index (χ0v) is 17.6. The summed E-state index contributed by atoms with van der Waals surface area (Å²) in [5.41, 5.74) is 2.04. The molecule has 7 nitrogen and oxygen atoms in total. The number of nitrogens with one attached hydrogen (secondary N) is 1. The highest BCUT2D eigenvalue weighted by molar-refractivity contribution is 7.14. The summed E-state index contributed by atoms with van der Waals surface area (Å²) in [6, 6.07) is 11.0. The quantitative estimate of drug-likeness (QED) is 0.416. The minimum atomic E-state index is -0.670. The predicted octanol–water partition coefficient (Wildman–Crippen LogP) is 4.16. The van der Waals surface area contributed by atoms with Gasteiger partial charge in [0.2, 0.25) is 0 Å². The summed E-state index contributed by atoms with van der Waals surface area (Å²) in [5, 5.41) is 4.65. The van der Waals surface area contributed by atoms with Gasteiger partial charge < -0.3 is 14.2 Å². The third-order valence-corrected chi connectivity index (χ3v) is 4.81. The number of halogens is 1. The number of benzene rings is 2. The SMILES string of the molecule is COc1ccc(/C=C/C(=O)OCC(=O)Nc2nc(-c3ccc(F)cc3)cs2)cc1OC. The van der Waals surface area contributed by atoms with Gasteiger partial charge in [-0.25, -0.2) is 14.2 Å². The van der Waals surface area contributed by atoms with Crippen molar-refractivity contribution in [1.82, 2.24) is 4.98 Å². The van der Waals surface area contributed by atoms with Gasteiger partial charge in [0.05, 0.1) is 19.9 Å². The second-order valence-corrected chi connectivity index (χ2v) is 7.01. The van der Waals surface area contributed by atoms with Crippen LogP contribution in [0.5, 0.6) is 11.5 Å². The number of amides is 1. The molecule has 0 fully saturated rings. The highest BCUT2D eigenvalue weighted by Crippen LogP contribution is 2.28. The zero-order valence-electron chi connectivity index (χ0n) is 16.8. The van der Waals surface area contributed by atoms with Crippen LogP contribution in [0.15, 0.2) is 53.9 Å². The van der Waals surface area contributed by atoms with Crippen LogP contribution in [0.1, 0.15) is 5.56 Å². The number of nitrogens with zero attached hydrogens (tertiary/aromatic N) is 1. The minimum Gasteiger partial charge on any atom is -0.493 e. The van der Waals surface area contributed by atoms with Gasteiger partial charge in [-0.3, -0.25) is 10.1 Å². The first-order valence-electron chi connectivity index (χ1n) is 9.06. The Morgan fingerprint density at radius 1 is 1.10 bits per heavy atom. The molecule has 0 spiro atoms. The van der Waals surface area contributed by atoms with Gasteiger partial charge in [-0.05, 0) is 48.0 Å². The van der Waals surface area contributed by atoms with E-state index in [1.807, 2.05) is 0 Å². The molecule has 0 atom stereocenters. The molecule has 9 heteroatoms. The first kappa shape index (κ1) is 22.0. The number of aromatic nitrogens is 1. The molecule has 0 radical (unpaired) electrons. The number of anilines is 1. The van der Waals surface area contributed by atoms with E-state index >= 15 is 0 Å². The molecule has 0 aliphatic carbocycles. The zero-order chi connectivity index (χ0) is 22.2. The van der Waals surface area contributed by atoms with E-state index in [9.17, 15) is 14.0 Å². The summed E-state index contributed by atoms with van der Waals surface area (Å²) in [5.74, 6) is -0.428. The van der Waals surface area contributed by atoms with E-state index < -0.39 is 18.5 Å². The van der Waals surface area contributed by atoms with Gasteiger partial charge in [0, 0.05) is 17.0 Å². The molecule has 0 unspecified atom stereocenters. The Bertz CT molecular complexity index is 1100. The number of thiazole rings is 1. The van der Waals surface area contributed by atoms with E-state index in [-0.39, 0.29) is 5.82 Å². The molecule has 0 bridgehead atoms. The Hall–Kier alpha value is -3.72. The van der Waals surface area contributed by atoms with Gasteiger partial charge in [0.15, 0.2) is 23.2 Å². The number of hydrogen-bond acceptors (Lipinski definition) is 7. The monoisotopic (exact) mass is 442 g/mol. The van der Waals surface area contributed by atoms with Gasteiger partial charge in [-0.15, -0.1) is 11.3 Å². The largest absolute Gasteiger partial charge is 0.493 e. The van der Waals surface area contributed by atoms with Crippen LogP contribution in [0.2, 0.25) is 0 Å². The maximum absolute atomic E-state index is 13.0. The van der Waals surface area contributed by atoms with Crippen molar-refractivity contribution in [3.8, 4) is 22.8 Å². The van der Waals surface area contributed by atoms with Crippen LogP contribution >= 0.6 is 11.3 Å². The Kier molecular flexibility index (Phi) is 7.34. The molecule has 3 aromatic rings. The van der Waals surface area contributed by atoms with Crippen molar-refractivity contribution >= 4 is 34.4 Å². The average molecular weight is 442 g/mol. The lowest BCUT2D eigenvalue weighted by Crippen LogP contribution is -2.20. The van der Waals surface area contributed by atoms with Crippen molar-refractivity contribution in [2.75, 3.05) is 26.1 Å². The highest BCUT2D eigenvalue weighted by Gasteiger charge is 2.10. The summed E-state index contributed by atoms with van der Waals surface area (Å²) >= 11 is 1.21. The van der Waals surface area contributed by atoms with E-state index in [0.29, 0.717) is 27.9 Å². The fraction of sp³-hybridized carbons (Fsp3) is 0.136. The molecule has 0 saturated carbocycles. The normalized spacial score (nSPS) is 10.7. The van der Waals surface area contributed by atoms with Crippen LogP contribution in [0.3, 0.4) is 0 Å². The van der Waals surface area contributed by atoms with Gasteiger partial charge in [0.1, 0.15) is 5.82 Å². The first-order chi connectivity index (χ1) is 15.0. The summed E-state index contributed by atoms with van der Waals surface area (Å²) in [6.07, 6.45) is 2.75. The minimum absolute atomic E-state index is 0.338. The van der Waals surface area contributed by atoms with Crippen LogP contribution in [0.25, 0.3) is 17.3 Å². The van der Waals surface area contributed by atoms with Crippen molar-refractivity contribution in [3.05, 3.63) is 65.3 Å². The second-order valence-electron chi connectivity index (χ2n) is 6.15. The van der Waals surface area contributed by atoms with E-state index in [0.717, 1.165) is 5.56 Å². The molecule has 1 amide bonds. The average Bonchev–Trinajstić information content (AvgIpc) is 3.24. The highest BCUT2D eigenvalue weighted by atomic mass is 32.1. The summed E-state index contributed by atoms with van der Waals surface area (Å²) < 4.78 is 28.3. The van der Waals surface area contributed by atoms with Crippen LogP contribution in [-0.2, 0) is 14.3 Å². The number of carbonyl (C=O) groups excluding carboxylic acids is 2. The topological polar surface area (TPSA) is 86.8 Å². The Balaban J connectivity index is 1.50. The Labute approximate surface area is 182 Å². The van der Waals surface area contributed by atoms with E-state index in [1.165, 1.54) is 49.8 Å². The summed E-state index contributed by atoms with van der Waals surface area (Å²) in [4.78, 5) is 28.2. The van der Waals surface area contributed by atoms with E-state index in [4.69, 9.17) is 14.2 Å². The third kappa shape index (κ3) is 6.13. The molecule has 160 valence electrons. The van der Waals surface area contributed by atoms with Gasteiger partial charge in [0.25, 0.3) is 5.91 Å². The summed E-state index contributed by atoms with van der Waals surface area (Å²) in [7, 11) is 3.05. The molecule has 0 aliphatic heterocycles. The first-order valence-corrected chi connectivity index (χ1v) is 9.94. The lowest BCUT2D eigenvalue weighted by Gasteiger charge is -2.07. The molecule has 1 aromatic heterocycles. The number of esters is 1. The van der Waals surface area contributed by atoms with Crippen molar-refractivity contribution in [1.29, 1.82) is 0 Å². The van der Waals surface area contributed by atoms with Crippen LogP contribution in [0.4, 0.5) is 9.52 Å². The van der Waals surface area contributed by atoms with Crippen LogP contribution in [-0.4, -0.2) is 37.7 Å².